The zero-order valence-electron chi connectivity index (χ0n) is 11.1. The van der Waals surface area contributed by atoms with E-state index < -0.39 is 29.0 Å². The van der Waals surface area contributed by atoms with Crippen LogP contribution in [0.15, 0.2) is 27.8 Å². The standard InChI is InChI=1S/C13H13N3O5/c1-6(4-10(14)17)16-9-3-2-7(13(20)21)5-8(9)15-11(18)12(16)19/h2-3,5-6H,4H2,1H3,(H2,14,17)(H,15,18)(H,20,21). The quantitative estimate of drug-likeness (QED) is 0.672. The van der Waals surface area contributed by atoms with Crippen LogP contribution in [0, 0.1) is 0 Å². The van der Waals surface area contributed by atoms with Gasteiger partial charge in [0, 0.05) is 12.5 Å². The van der Waals surface area contributed by atoms with Crippen LogP contribution >= 0.6 is 0 Å². The molecule has 0 saturated carbocycles. The normalized spacial score (nSPS) is 12.2. The maximum absolute atomic E-state index is 12.0. The van der Waals surface area contributed by atoms with E-state index in [9.17, 15) is 19.2 Å². The summed E-state index contributed by atoms with van der Waals surface area (Å²) in [7, 11) is 0. The van der Waals surface area contributed by atoms with Gasteiger partial charge in [0.25, 0.3) is 0 Å². The fraction of sp³-hybridized carbons (Fsp3) is 0.231. The third-order valence-electron chi connectivity index (χ3n) is 3.10. The van der Waals surface area contributed by atoms with Crippen LogP contribution in [-0.2, 0) is 4.79 Å². The molecular formula is C13H13N3O5. The number of nitrogens with zero attached hydrogens (tertiary/aromatic N) is 1. The molecule has 0 bridgehead atoms. The van der Waals surface area contributed by atoms with E-state index in [2.05, 4.69) is 4.98 Å². The minimum atomic E-state index is -1.15. The van der Waals surface area contributed by atoms with Gasteiger partial charge in [0.05, 0.1) is 16.6 Å². The number of primary amides is 1. The maximum atomic E-state index is 12.0. The van der Waals surface area contributed by atoms with E-state index in [0.717, 1.165) is 4.57 Å². The Morgan fingerprint density at radius 2 is 2.05 bits per heavy atom. The monoisotopic (exact) mass is 291 g/mol. The molecule has 0 fully saturated rings. The summed E-state index contributed by atoms with van der Waals surface area (Å²) >= 11 is 0. The number of fused-ring (bicyclic) bond motifs is 1. The Morgan fingerprint density at radius 3 is 2.62 bits per heavy atom. The van der Waals surface area contributed by atoms with E-state index in [0.29, 0.717) is 5.52 Å². The first-order valence-electron chi connectivity index (χ1n) is 6.11. The van der Waals surface area contributed by atoms with Gasteiger partial charge in [-0.25, -0.2) is 4.79 Å². The summed E-state index contributed by atoms with van der Waals surface area (Å²) in [6.07, 6.45) is -0.112. The third kappa shape index (κ3) is 2.69. The SMILES string of the molecule is CC(CC(N)=O)n1c(=O)c(=O)[nH]c2cc(C(=O)O)ccc21. The Hall–Kier alpha value is -2.90. The number of carbonyl (C=O) groups excluding carboxylic acids is 1. The van der Waals surface area contributed by atoms with Gasteiger partial charge in [0.15, 0.2) is 0 Å². The Morgan fingerprint density at radius 1 is 1.38 bits per heavy atom. The number of aromatic nitrogens is 2. The molecule has 1 amide bonds. The van der Waals surface area contributed by atoms with Crippen molar-refractivity contribution < 1.29 is 14.7 Å². The summed E-state index contributed by atoms with van der Waals surface area (Å²) in [6.45, 7) is 1.58. The molecular weight excluding hydrogens is 278 g/mol. The molecule has 1 heterocycles. The predicted octanol–water partition coefficient (Wildman–Crippen LogP) is -0.176. The number of hydrogen-bond donors (Lipinski definition) is 3. The zero-order chi connectivity index (χ0) is 15.7. The number of benzene rings is 1. The van der Waals surface area contributed by atoms with E-state index in [-0.39, 0.29) is 17.5 Å². The van der Waals surface area contributed by atoms with Crippen LogP contribution in [0.2, 0.25) is 0 Å². The number of H-pyrrole nitrogens is 1. The molecule has 2 aromatic rings. The van der Waals surface area contributed by atoms with Crippen molar-refractivity contribution in [2.24, 2.45) is 5.73 Å². The molecule has 2 rings (SSSR count). The summed E-state index contributed by atoms with van der Waals surface area (Å²) < 4.78 is 1.14. The average molecular weight is 291 g/mol. The molecule has 1 aromatic heterocycles. The van der Waals surface area contributed by atoms with Crippen molar-refractivity contribution in [3.8, 4) is 0 Å². The molecule has 4 N–H and O–H groups in total. The van der Waals surface area contributed by atoms with Gasteiger partial charge in [-0.2, -0.15) is 0 Å². The number of carboxylic acid groups (broad SMARTS) is 1. The number of rotatable bonds is 4. The lowest BCUT2D eigenvalue weighted by Crippen LogP contribution is -2.38. The molecule has 110 valence electrons. The molecule has 21 heavy (non-hydrogen) atoms. The van der Waals surface area contributed by atoms with Gasteiger partial charge < -0.3 is 15.8 Å². The van der Waals surface area contributed by atoms with Crippen molar-refractivity contribution >= 4 is 22.9 Å². The van der Waals surface area contributed by atoms with Crippen LogP contribution in [0.4, 0.5) is 0 Å². The third-order valence-corrected chi connectivity index (χ3v) is 3.10. The second-order valence-electron chi connectivity index (χ2n) is 4.69. The average Bonchev–Trinajstić information content (AvgIpc) is 2.38. The Bertz CT molecular complexity index is 849. The molecule has 1 aromatic carbocycles. The highest BCUT2D eigenvalue weighted by Crippen LogP contribution is 2.17. The summed E-state index contributed by atoms with van der Waals surface area (Å²) in [5.74, 6) is -1.76. The highest BCUT2D eigenvalue weighted by Gasteiger charge is 2.16. The number of carboxylic acids is 1. The molecule has 0 aliphatic heterocycles. The largest absolute Gasteiger partial charge is 0.478 e. The van der Waals surface area contributed by atoms with Gasteiger partial charge in [-0.15, -0.1) is 0 Å². The van der Waals surface area contributed by atoms with Crippen molar-refractivity contribution in [3.63, 3.8) is 0 Å². The number of nitrogens with two attached hydrogens (primary N) is 1. The maximum Gasteiger partial charge on any atom is 0.335 e. The van der Waals surface area contributed by atoms with Crippen LogP contribution < -0.4 is 16.9 Å². The fourth-order valence-electron chi connectivity index (χ4n) is 2.19. The zero-order valence-corrected chi connectivity index (χ0v) is 11.1. The molecule has 0 radical (unpaired) electrons. The van der Waals surface area contributed by atoms with E-state index in [4.69, 9.17) is 10.8 Å². The Labute approximate surface area is 117 Å². The summed E-state index contributed by atoms with van der Waals surface area (Å²) in [5.41, 5.74) is 3.92. The first kappa shape index (κ1) is 14.5. The number of nitrogens with one attached hydrogen (secondary N) is 1. The molecule has 1 atom stereocenters. The van der Waals surface area contributed by atoms with Crippen molar-refractivity contribution in [2.45, 2.75) is 19.4 Å². The molecule has 0 spiro atoms. The minimum Gasteiger partial charge on any atom is -0.478 e. The Balaban J connectivity index is 2.77. The smallest absolute Gasteiger partial charge is 0.335 e. The highest BCUT2D eigenvalue weighted by atomic mass is 16.4. The number of hydrogen-bond acceptors (Lipinski definition) is 4. The van der Waals surface area contributed by atoms with E-state index in [1.165, 1.54) is 18.2 Å². The predicted molar refractivity (Wildman–Crippen MR) is 74.3 cm³/mol. The van der Waals surface area contributed by atoms with Crippen LogP contribution in [0.1, 0.15) is 29.7 Å². The van der Waals surface area contributed by atoms with E-state index in [1.807, 2.05) is 0 Å². The number of aromatic carboxylic acids is 1. The van der Waals surface area contributed by atoms with Gasteiger partial charge in [-0.3, -0.25) is 19.0 Å². The van der Waals surface area contributed by atoms with E-state index >= 15 is 0 Å². The van der Waals surface area contributed by atoms with Gasteiger partial charge in [-0.1, -0.05) is 0 Å². The van der Waals surface area contributed by atoms with Crippen molar-refractivity contribution in [2.75, 3.05) is 0 Å². The lowest BCUT2D eigenvalue weighted by atomic mass is 10.1. The highest BCUT2D eigenvalue weighted by molar-refractivity contribution is 5.92. The summed E-state index contributed by atoms with van der Waals surface area (Å²) in [4.78, 5) is 47.9. The molecule has 8 nitrogen and oxygen atoms in total. The molecule has 8 heteroatoms. The number of carbonyl (C=O) groups is 2. The first-order chi connectivity index (χ1) is 9.81. The fourth-order valence-corrected chi connectivity index (χ4v) is 2.19. The molecule has 0 aliphatic rings. The molecule has 0 saturated heterocycles. The van der Waals surface area contributed by atoms with Gasteiger partial charge in [-0.05, 0) is 25.1 Å². The first-order valence-corrected chi connectivity index (χ1v) is 6.11. The second-order valence-corrected chi connectivity index (χ2v) is 4.69. The Kier molecular flexibility index (Phi) is 3.62. The van der Waals surface area contributed by atoms with Crippen molar-refractivity contribution in [1.82, 2.24) is 9.55 Å². The van der Waals surface area contributed by atoms with Gasteiger partial charge >= 0.3 is 17.1 Å². The lowest BCUT2D eigenvalue weighted by Gasteiger charge is -2.16. The van der Waals surface area contributed by atoms with Crippen LogP contribution in [0.5, 0.6) is 0 Å². The molecule has 1 unspecified atom stereocenters. The molecule has 0 aliphatic carbocycles. The summed E-state index contributed by atoms with van der Waals surface area (Å²) in [5, 5.41) is 8.94. The number of aromatic amines is 1. The van der Waals surface area contributed by atoms with Crippen molar-refractivity contribution in [3.05, 3.63) is 44.5 Å². The lowest BCUT2D eigenvalue weighted by molar-refractivity contribution is -0.118. The van der Waals surface area contributed by atoms with Crippen LogP contribution in [-0.4, -0.2) is 26.5 Å². The van der Waals surface area contributed by atoms with Crippen molar-refractivity contribution in [1.29, 1.82) is 0 Å². The van der Waals surface area contributed by atoms with Gasteiger partial charge in [0.2, 0.25) is 5.91 Å². The minimum absolute atomic E-state index is 0.0223. The second kappa shape index (κ2) is 5.23. The number of amides is 1. The topological polar surface area (TPSA) is 135 Å². The summed E-state index contributed by atoms with van der Waals surface area (Å²) in [6, 6.07) is 3.37. The van der Waals surface area contributed by atoms with Crippen LogP contribution in [0.25, 0.3) is 11.0 Å². The van der Waals surface area contributed by atoms with E-state index in [1.54, 1.807) is 6.92 Å². The van der Waals surface area contributed by atoms with Crippen LogP contribution in [0.3, 0.4) is 0 Å². The van der Waals surface area contributed by atoms with Gasteiger partial charge in [0.1, 0.15) is 0 Å².